The van der Waals surface area contributed by atoms with Gasteiger partial charge in [0.15, 0.2) is 0 Å². The van der Waals surface area contributed by atoms with Gasteiger partial charge in [-0.05, 0) is 43.9 Å². The summed E-state index contributed by atoms with van der Waals surface area (Å²) in [5.74, 6) is 0.850. The first-order chi connectivity index (χ1) is 8.97. The molecular formula is C13H26N2O3S. The molecular weight excluding hydrogens is 264 g/mol. The standard InChI is InChI=1S/C13H26N2O3S/c1-19(16,17)15-6-2-4-11(9-15)8-13(14)12-5-3-7-18-10-12/h11-13H,2-10,14H2,1H3. The summed E-state index contributed by atoms with van der Waals surface area (Å²) in [7, 11) is -3.05. The summed E-state index contributed by atoms with van der Waals surface area (Å²) in [5.41, 5.74) is 6.29. The van der Waals surface area contributed by atoms with E-state index in [2.05, 4.69) is 0 Å². The van der Waals surface area contributed by atoms with Crippen molar-refractivity contribution in [3.05, 3.63) is 0 Å². The van der Waals surface area contributed by atoms with Crippen molar-refractivity contribution in [1.29, 1.82) is 0 Å². The van der Waals surface area contributed by atoms with Crippen LogP contribution in [0.2, 0.25) is 0 Å². The van der Waals surface area contributed by atoms with Crippen LogP contribution in [0, 0.1) is 11.8 Å². The Bertz CT molecular complexity index is 379. The van der Waals surface area contributed by atoms with Gasteiger partial charge >= 0.3 is 0 Å². The third-order valence-corrected chi connectivity index (χ3v) is 5.63. The number of sulfonamides is 1. The average Bonchev–Trinajstić information content (AvgIpc) is 2.39. The van der Waals surface area contributed by atoms with E-state index in [9.17, 15) is 8.42 Å². The fourth-order valence-corrected chi connectivity index (χ4v) is 4.14. The van der Waals surface area contributed by atoms with E-state index < -0.39 is 10.0 Å². The monoisotopic (exact) mass is 290 g/mol. The smallest absolute Gasteiger partial charge is 0.211 e. The normalized spacial score (nSPS) is 32.1. The van der Waals surface area contributed by atoms with E-state index in [-0.39, 0.29) is 6.04 Å². The van der Waals surface area contributed by atoms with E-state index in [4.69, 9.17) is 10.5 Å². The van der Waals surface area contributed by atoms with Crippen molar-refractivity contribution in [2.24, 2.45) is 17.6 Å². The zero-order valence-electron chi connectivity index (χ0n) is 11.8. The maximum Gasteiger partial charge on any atom is 0.211 e. The molecule has 0 radical (unpaired) electrons. The lowest BCUT2D eigenvalue weighted by atomic mass is 9.85. The van der Waals surface area contributed by atoms with Crippen molar-refractivity contribution in [3.63, 3.8) is 0 Å². The topological polar surface area (TPSA) is 72.6 Å². The first-order valence-electron chi connectivity index (χ1n) is 7.25. The molecule has 3 atom stereocenters. The van der Waals surface area contributed by atoms with Gasteiger partial charge in [-0.15, -0.1) is 0 Å². The molecule has 0 spiro atoms. The Hall–Kier alpha value is -0.170. The first kappa shape index (κ1) is 15.2. The van der Waals surface area contributed by atoms with Crippen LogP contribution in [-0.4, -0.2) is 51.3 Å². The summed E-state index contributed by atoms with van der Waals surface area (Å²) in [6.07, 6.45) is 6.49. The molecule has 0 saturated carbocycles. The number of ether oxygens (including phenoxy) is 1. The van der Waals surface area contributed by atoms with Gasteiger partial charge in [0, 0.05) is 25.7 Å². The van der Waals surface area contributed by atoms with Gasteiger partial charge in [-0.25, -0.2) is 12.7 Å². The number of nitrogens with two attached hydrogens (primary N) is 1. The summed E-state index contributed by atoms with van der Waals surface area (Å²) < 4.78 is 30.3. The van der Waals surface area contributed by atoms with Crippen LogP contribution >= 0.6 is 0 Å². The summed E-state index contributed by atoms with van der Waals surface area (Å²) in [5, 5.41) is 0. The van der Waals surface area contributed by atoms with E-state index in [1.165, 1.54) is 6.26 Å². The lowest BCUT2D eigenvalue weighted by molar-refractivity contribution is 0.0401. The Morgan fingerprint density at radius 1 is 1.37 bits per heavy atom. The van der Waals surface area contributed by atoms with E-state index in [0.717, 1.165) is 45.3 Å². The number of hydrogen-bond donors (Lipinski definition) is 1. The second-order valence-corrected chi connectivity index (χ2v) is 7.99. The van der Waals surface area contributed by atoms with Gasteiger partial charge in [0.1, 0.15) is 0 Å². The van der Waals surface area contributed by atoms with E-state index in [1.807, 2.05) is 0 Å². The van der Waals surface area contributed by atoms with Crippen molar-refractivity contribution in [2.45, 2.75) is 38.1 Å². The van der Waals surface area contributed by atoms with E-state index >= 15 is 0 Å². The van der Waals surface area contributed by atoms with Gasteiger partial charge in [0.2, 0.25) is 10.0 Å². The van der Waals surface area contributed by atoms with Crippen LogP contribution in [0.1, 0.15) is 32.1 Å². The number of piperidine rings is 1. The minimum Gasteiger partial charge on any atom is -0.381 e. The van der Waals surface area contributed by atoms with E-state index in [1.54, 1.807) is 4.31 Å². The highest BCUT2D eigenvalue weighted by atomic mass is 32.2. The molecule has 0 amide bonds. The zero-order valence-corrected chi connectivity index (χ0v) is 12.6. The van der Waals surface area contributed by atoms with Gasteiger partial charge in [-0.1, -0.05) is 0 Å². The molecule has 0 aromatic rings. The molecule has 112 valence electrons. The summed E-state index contributed by atoms with van der Waals surface area (Å²) in [6, 6.07) is 0.143. The van der Waals surface area contributed by atoms with Gasteiger partial charge < -0.3 is 10.5 Å². The lowest BCUT2D eigenvalue weighted by Gasteiger charge is -2.35. The van der Waals surface area contributed by atoms with Crippen LogP contribution in [0.15, 0.2) is 0 Å². The van der Waals surface area contributed by atoms with Gasteiger partial charge in [-0.3, -0.25) is 0 Å². The molecule has 0 aliphatic carbocycles. The SMILES string of the molecule is CS(=O)(=O)N1CCCC(CC(N)C2CCCOC2)C1. The van der Waals surface area contributed by atoms with E-state index in [0.29, 0.717) is 24.9 Å². The largest absolute Gasteiger partial charge is 0.381 e. The van der Waals surface area contributed by atoms with Crippen molar-refractivity contribution in [2.75, 3.05) is 32.6 Å². The average molecular weight is 290 g/mol. The molecule has 0 bridgehead atoms. The predicted molar refractivity (Wildman–Crippen MR) is 75.3 cm³/mol. The Balaban J connectivity index is 1.84. The molecule has 2 heterocycles. The third kappa shape index (κ3) is 4.41. The maximum atomic E-state index is 11.6. The fraction of sp³-hybridized carbons (Fsp3) is 1.00. The van der Waals surface area contributed by atoms with Crippen molar-refractivity contribution >= 4 is 10.0 Å². The van der Waals surface area contributed by atoms with Gasteiger partial charge in [-0.2, -0.15) is 0 Å². The molecule has 5 nitrogen and oxygen atoms in total. The lowest BCUT2D eigenvalue weighted by Crippen LogP contribution is -2.43. The molecule has 6 heteroatoms. The molecule has 0 aromatic carbocycles. The predicted octanol–water partition coefficient (Wildman–Crippen LogP) is 0.802. The van der Waals surface area contributed by atoms with Crippen LogP contribution in [0.3, 0.4) is 0 Å². The number of nitrogens with zero attached hydrogens (tertiary/aromatic N) is 1. The molecule has 2 aliphatic rings. The van der Waals surface area contributed by atoms with Crippen LogP contribution in [-0.2, 0) is 14.8 Å². The highest BCUT2D eigenvalue weighted by molar-refractivity contribution is 7.88. The minimum absolute atomic E-state index is 0.143. The molecule has 2 N–H and O–H groups in total. The molecule has 3 unspecified atom stereocenters. The molecule has 2 saturated heterocycles. The minimum atomic E-state index is -3.05. The second kappa shape index (κ2) is 6.52. The Morgan fingerprint density at radius 3 is 2.79 bits per heavy atom. The Morgan fingerprint density at radius 2 is 2.16 bits per heavy atom. The maximum absolute atomic E-state index is 11.6. The van der Waals surface area contributed by atoms with Crippen molar-refractivity contribution < 1.29 is 13.2 Å². The fourth-order valence-electron chi connectivity index (χ4n) is 3.20. The summed E-state index contributed by atoms with van der Waals surface area (Å²) in [4.78, 5) is 0. The summed E-state index contributed by atoms with van der Waals surface area (Å²) >= 11 is 0. The Labute approximate surface area is 116 Å². The zero-order chi connectivity index (χ0) is 13.9. The third-order valence-electron chi connectivity index (χ3n) is 4.36. The van der Waals surface area contributed by atoms with Crippen molar-refractivity contribution in [1.82, 2.24) is 4.31 Å². The second-order valence-electron chi connectivity index (χ2n) is 6.01. The van der Waals surface area contributed by atoms with Crippen LogP contribution < -0.4 is 5.73 Å². The highest BCUT2D eigenvalue weighted by Crippen LogP contribution is 2.26. The van der Waals surface area contributed by atoms with Gasteiger partial charge in [0.05, 0.1) is 12.9 Å². The molecule has 19 heavy (non-hydrogen) atoms. The van der Waals surface area contributed by atoms with Crippen LogP contribution in [0.5, 0.6) is 0 Å². The van der Waals surface area contributed by atoms with Gasteiger partial charge in [0.25, 0.3) is 0 Å². The molecule has 2 aliphatic heterocycles. The molecule has 2 fully saturated rings. The van der Waals surface area contributed by atoms with Crippen LogP contribution in [0.25, 0.3) is 0 Å². The number of hydrogen-bond acceptors (Lipinski definition) is 4. The number of rotatable bonds is 4. The highest BCUT2D eigenvalue weighted by Gasteiger charge is 2.29. The van der Waals surface area contributed by atoms with Crippen LogP contribution in [0.4, 0.5) is 0 Å². The van der Waals surface area contributed by atoms with Crippen molar-refractivity contribution in [3.8, 4) is 0 Å². The Kier molecular flexibility index (Phi) is 5.22. The summed E-state index contributed by atoms with van der Waals surface area (Å²) in [6.45, 7) is 2.93. The first-order valence-corrected chi connectivity index (χ1v) is 9.10. The molecule has 0 aromatic heterocycles. The molecule has 2 rings (SSSR count). The quantitative estimate of drug-likeness (QED) is 0.831.